The van der Waals surface area contributed by atoms with Gasteiger partial charge in [-0.1, -0.05) is 0 Å². The molecule has 0 amide bonds. The summed E-state index contributed by atoms with van der Waals surface area (Å²) in [4.78, 5) is 3.11. The molecule has 0 saturated heterocycles. The molecule has 0 unspecified atom stereocenters. The Bertz CT molecular complexity index is 70.7. The van der Waals surface area contributed by atoms with Crippen LogP contribution in [0.3, 0.4) is 0 Å². The number of rotatable bonds is 5. The van der Waals surface area contributed by atoms with Gasteiger partial charge in [-0.2, -0.15) is 0 Å². The van der Waals surface area contributed by atoms with Crippen LogP contribution in [0.2, 0.25) is 0 Å². The lowest BCUT2D eigenvalue weighted by molar-refractivity contribution is -0.602. The summed E-state index contributed by atoms with van der Waals surface area (Å²) < 4.78 is 0. The van der Waals surface area contributed by atoms with Crippen molar-refractivity contribution in [2.24, 2.45) is 0 Å². The SMILES string of the molecule is CC[NH+]=C[NH2+]CCC[NH3+]. The van der Waals surface area contributed by atoms with Crippen LogP contribution in [-0.2, 0) is 0 Å². The van der Waals surface area contributed by atoms with E-state index in [0.717, 1.165) is 19.6 Å². The van der Waals surface area contributed by atoms with E-state index in [1.165, 1.54) is 6.42 Å². The molecule has 0 fully saturated rings. The Kier molecular flexibility index (Phi) is 7.24. The van der Waals surface area contributed by atoms with Crippen molar-refractivity contribution in [3.63, 3.8) is 0 Å². The Morgan fingerprint density at radius 2 is 2.44 bits per heavy atom. The van der Waals surface area contributed by atoms with E-state index in [-0.39, 0.29) is 0 Å². The van der Waals surface area contributed by atoms with E-state index in [9.17, 15) is 0 Å². The minimum absolute atomic E-state index is 1.01. The van der Waals surface area contributed by atoms with Crippen LogP contribution in [0.1, 0.15) is 13.3 Å². The van der Waals surface area contributed by atoms with Crippen molar-refractivity contribution in [3.05, 3.63) is 0 Å². The van der Waals surface area contributed by atoms with Crippen molar-refractivity contribution in [1.29, 1.82) is 0 Å². The van der Waals surface area contributed by atoms with Gasteiger partial charge in [-0.05, 0) is 6.92 Å². The molecule has 3 nitrogen and oxygen atoms in total. The molecular weight excluding hydrogens is 114 g/mol. The Balaban J connectivity index is 2.82. The molecule has 0 bridgehead atoms. The highest BCUT2D eigenvalue weighted by Gasteiger charge is 1.86. The predicted octanol–water partition coefficient (Wildman–Crippen LogP) is -3.69. The van der Waals surface area contributed by atoms with Crippen molar-refractivity contribution in [3.8, 4) is 0 Å². The number of quaternary nitrogens is 2. The second kappa shape index (κ2) is 7.59. The molecule has 0 saturated carbocycles. The van der Waals surface area contributed by atoms with Crippen LogP contribution in [0.15, 0.2) is 0 Å². The monoisotopic (exact) mass is 132 g/mol. The Hall–Kier alpha value is -0.410. The van der Waals surface area contributed by atoms with Crippen molar-refractivity contribution in [2.45, 2.75) is 13.3 Å². The molecule has 9 heavy (non-hydrogen) atoms. The summed E-state index contributed by atoms with van der Waals surface area (Å²) in [6.45, 7) is 5.29. The minimum Gasteiger partial charge on any atom is -0.357 e. The molecule has 0 heterocycles. The van der Waals surface area contributed by atoms with E-state index < -0.39 is 0 Å². The van der Waals surface area contributed by atoms with Crippen LogP contribution in [0.5, 0.6) is 0 Å². The standard InChI is InChI=1S/C6H15N3/c1-2-8-6-9-5-3-4-7/h6H,2-5,7H2,1H3,(H,8,9)/p+3. The van der Waals surface area contributed by atoms with Crippen molar-refractivity contribution in [2.75, 3.05) is 19.6 Å². The quantitative estimate of drug-likeness (QED) is 0.196. The zero-order chi connectivity index (χ0) is 6.95. The first-order valence-corrected chi connectivity index (χ1v) is 3.59. The van der Waals surface area contributed by atoms with Crippen LogP contribution in [0.4, 0.5) is 0 Å². The van der Waals surface area contributed by atoms with Gasteiger partial charge < -0.3 is 5.73 Å². The third kappa shape index (κ3) is 7.59. The molecule has 0 aliphatic heterocycles. The van der Waals surface area contributed by atoms with Gasteiger partial charge in [0.15, 0.2) is 0 Å². The lowest BCUT2D eigenvalue weighted by atomic mass is 10.4. The first kappa shape index (κ1) is 8.59. The van der Waals surface area contributed by atoms with Gasteiger partial charge in [0, 0.05) is 6.42 Å². The van der Waals surface area contributed by atoms with Crippen LogP contribution in [0, 0.1) is 0 Å². The zero-order valence-electron chi connectivity index (χ0n) is 6.19. The van der Waals surface area contributed by atoms with E-state index in [0.29, 0.717) is 0 Å². The van der Waals surface area contributed by atoms with Gasteiger partial charge in [-0.25, -0.2) is 4.99 Å². The predicted molar refractivity (Wildman–Crippen MR) is 36.7 cm³/mol. The van der Waals surface area contributed by atoms with Gasteiger partial charge in [-0.15, -0.1) is 0 Å². The summed E-state index contributed by atoms with van der Waals surface area (Å²) in [5.41, 5.74) is 3.75. The molecule has 0 aliphatic carbocycles. The molecule has 3 heteroatoms. The molecule has 6 N–H and O–H groups in total. The summed E-state index contributed by atoms with van der Waals surface area (Å²) in [6, 6.07) is 0. The second-order valence-corrected chi connectivity index (χ2v) is 1.96. The maximum Gasteiger partial charge on any atom is 0.321 e. The lowest BCUT2D eigenvalue weighted by Crippen LogP contribution is -2.94. The smallest absolute Gasteiger partial charge is 0.321 e. The van der Waals surface area contributed by atoms with E-state index >= 15 is 0 Å². The minimum atomic E-state index is 1.01. The molecule has 0 atom stereocenters. The number of nitrogens with one attached hydrogen (secondary N) is 1. The average molecular weight is 132 g/mol. The van der Waals surface area contributed by atoms with Crippen LogP contribution in [0.25, 0.3) is 0 Å². The second-order valence-electron chi connectivity index (χ2n) is 1.96. The Labute approximate surface area is 56.3 Å². The van der Waals surface area contributed by atoms with E-state index in [2.05, 4.69) is 23.0 Å². The third-order valence-corrected chi connectivity index (χ3v) is 1.06. The lowest BCUT2D eigenvalue weighted by Gasteiger charge is -1.85. The van der Waals surface area contributed by atoms with E-state index in [4.69, 9.17) is 0 Å². The van der Waals surface area contributed by atoms with Crippen LogP contribution < -0.4 is 16.0 Å². The van der Waals surface area contributed by atoms with Crippen molar-refractivity contribution >= 4 is 6.34 Å². The zero-order valence-corrected chi connectivity index (χ0v) is 6.19. The van der Waals surface area contributed by atoms with Crippen molar-refractivity contribution < 1.29 is 16.0 Å². The maximum atomic E-state index is 3.75. The van der Waals surface area contributed by atoms with E-state index in [1.54, 1.807) is 0 Å². The van der Waals surface area contributed by atoms with Gasteiger partial charge in [0.05, 0.1) is 13.1 Å². The molecule has 0 aliphatic rings. The summed E-state index contributed by atoms with van der Waals surface area (Å²) >= 11 is 0. The fraction of sp³-hybridized carbons (Fsp3) is 0.833. The number of hydrogen-bond donors (Lipinski definition) is 3. The number of hydrogen-bond acceptors (Lipinski definition) is 0. The Morgan fingerprint density at radius 1 is 1.67 bits per heavy atom. The van der Waals surface area contributed by atoms with Gasteiger partial charge in [0.2, 0.25) is 0 Å². The van der Waals surface area contributed by atoms with Crippen LogP contribution >= 0.6 is 0 Å². The molecule has 0 spiro atoms. The topological polar surface area (TPSA) is 58.2 Å². The van der Waals surface area contributed by atoms with Crippen LogP contribution in [-0.4, -0.2) is 26.0 Å². The van der Waals surface area contributed by atoms with Gasteiger partial charge >= 0.3 is 6.34 Å². The molecule has 0 aromatic carbocycles. The first-order chi connectivity index (χ1) is 4.41. The van der Waals surface area contributed by atoms with Gasteiger partial charge in [0.25, 0.3) is 0 Å². The molecule has 0 rings (SSSR count). The third-order valence-electron chi connectivity index (χ3n) is 1.06. The average Bonchev–Trinajstić information content (AvgIpc) is 1.89. The normalized spacial score (nSPS) is 10.9. The van der Waals surface area contributed by atoms with E-state index in [1.807, 2.05) is 6.34 Å². The number of nitrogens with two attached hydrogens (primary N) is 1. The summed E-state index contributed by atoms with van der Waals surface area (Å²) in [6.07, 6.45) is 3.21. The largest absolute Gasteiger partial charge is 0.357 e. The summed E-state index contributed by atoms with van der Waals surface area (Å²) in [5, 5.41) is 2.15. The molecule has 0 radical (unpaired) electrons. The van der Waals surface area contributed by atoms with Gasteiger partial charge in [-0.3, -0.25) is 5.32 Å². The molecular formula is C6H18N3+3. The fourth-order valence-electron chi connectivity index (χ4n) is 0.547. The highest BCUT2D eigenvalue weighted by Crippen LogP contribution is 1.55. The first-order valence-electron chi connectivity index (χ1n) is 3.59. The molecule has 54 valence electrons. The Morgan fingerprint density at radius 3 is 3.00 bits per heavy atom. The van der Waals surface area contributed by atoms with Crippen molar-refractivity contribution in [1.82, 2.24) is 0 Å². The summed E-state index contributed by atoms with van der Waals surface area (Å²) in [5.74, 6) is 0. The summed E-state index contributed by atoms with van der Waals surface area (Å²) in [7, 11) is 0. The highest BCUT2D eigenvalue weighted by molar-refractivity contribution is 5.32. The highest BCUT2D eigenvalue weighted by atomic mass is 14.9. The maximum absolute atomic E-state index is 3.75. The fourth-order valence-corrected chi connectivity index (χ4v) is 0.547. The molecule has 0 aromatic heterocycles. The van der Waals surface area contributed by atoms with Gasteiger partial charge in [0.1, 0.15) is 6.54 Å². The molecule has 0 aromatic rings.